The largest absolute Gasteiger partial charge is 0.504 e. The minimum absolute atomic E-state index is 0.0342. The minimum Gasteiger partial charge on any atom is -0.504 e. The third kappa shape index (κ3) is 8.27. The van der Waals surface area contributed by atoms with Gasteiger partial charge in [-0.25, -0.2) is 24.4 Å². The van der Waals surface area contributed by atoms with Crippen molar-refractivity contribution in [3.05, 3.63) is 33.8 Å². The van der Waals surface area contributed by atoms with Gasteiger partial charge in [0.2, 0.25) is 22.2 Å². The predicted octanol–water partition coefficient (Wildman–Crippen LogP) is -0.238. The Morgan fingerprint density at radius 3 is 2.42 bits per heavy atom. The number of carbonyl (C=O) groups excluding carboxylic acids is 7. The molecular formula is C32H33ClN8O14S2. The Balaban J connectivity index is 1.16. The van der Waals surface area contributed by atoms with Crippen molar-refractivity contribution in [1.29, 1.82) is 0 Å². The standard InChI is InChI=1S/C32H33ClN8O14S2/c1-31(2,27(50)51)55-38-20(15-11-56-29(34)36-15)18(44)10-14-25(49)39-12-32(28(52)53,57-26(14)39)40-8-9-41(30(40)54)37-23(47)17(43)4-3-7-35-24(48)21(45)13-5-6-16(42)22(46)19(13)33/h5-6,11,14,26,42,46H,3-4,7-10,12H2,1-2H3,(H2,34,36)(H,35,48)(H,37,47)(H,50,51)(H,52,53)/b38-20-/t14?,26-,32-/m1/s1. The average Bonchev–Trinajstić information content (AvgIpc) is 3.86. The minimum atomic E-state index is -2.05. The van der Waals surface area contributed by atoms with E-state index in [0.717, 1.165) is 45.1 Å². The number of aromatic nitrogens is 1. The van der Waals surface area contributed by atoms with Crippen molar-refractivity contribution in [3.63, 3.8) is 0 Å². The van der Waals surface area contributed by atoms with E-state index < -0.39 is 116 Å². The molecule has 57 heavy (non-hydrogen) atoms. The fourth-order valence-electron chi connectivity index (χ4n) is 5.74. The summed E-state index contributed by atoms with van der Waals surface area (Å²) in [6.07, 6.45) is -1.07. The molecule has 1 unspecified atom stereocenters. The van der Waals surface area contributed by atoms with Crippen molar-refractivity contribution in [2.24, 2.45) is 11.1 Å². The van der Waals surface area contributed by atoms with Crippen LogP contribution in [0, 0.1) is 5.92 Å². The molecule has 3 aliphatic rings. The Morgan fingerprint density at radius 2 is 1.79 bits per heavy atom. The average molecular weight is 853 g/mol. The van der Waals surface area contributed by atoms with Gasteiger partial charge < -0.3 is 41.2 Å². The summed E-state index contributed by atoms with van der Waals surface area (Å²) in [5.41, 5.74) is 5.16. The number of Topliss-reactive ketones (excluding diaryl/α,β-unsaturated/α-hetero) is 3. The molecule has 0 radical (unpaired) electrons. The van der Waals surface area contributed by atoms with Gasteiger partial charge in [-0.1, -0.05) is 28.5 Å². The van der Waals surface area contributed by atoms with Gasteiger partial charge in [0.05, 0.1) is 35.0 Å². The lowest BCUT2D eigenvalue weighted by atomic mass is 9.90. The van der Waals surface area contributed by atoms with Crippen LogP contribution in [0.5, 0.6) is 11.5 Å². The molecule has 0 bridgehead atoms. The highest BCUT2D eigenvalue weighted by Gasteiger charge is 2.66. The van der Waals surface area contributed by atoms with E-state index >= 15 is 0 Å². The number of anilines is 1. The molecule has 1 aromatic carbocycles. The number of aromatic hydroxyl groups is 2. The zero-order chi connectivity index (χ0) is 42.1. The van der Waals surface area contributed by atoms with Crippen LogP contribution in [0.1, 0.15) is 49.2 Å². The number of ketones is 3. The van der Waals surface area contributed by atoms with Crippen molar-refractivity contribution in [2.75, 3.05) is 31.9 Å². The highest BCUT2D eigenvalue weighted by atomic mass is 35.5. The zero-order valence-electron chi connectivity index (χ0n) is 29.7. The summed E-state index contributed by atoms with van der Waals surface area (Å²) in [5, 5.41) is 45.6. The number of hydrogen-bond donors (Lipinski definition) is 7. The number of rotatable bonds is 17. The molecule has 8 N–H and O–H groups in total. The number of nitrogen functional groups attached to an aromatic ring is 1. The first kappa shape index (κ1) is 42.1. The Bertz CT molecular complexity index is 2130. The topological polar surface area (TPSA) is 329 Å². The molecular weight excluding hydrogens is 820 g/mol. The lowest BCUT2D eigenvalue weighted by Gasteiger charge is -2.40. The number of nitrogens with two attached hydrogens (primary N) is 1. The first-order chi connectivity index (χ1) is 26.7. The number of carboxylic acid groups (broad SMARTS) is 2. The number of amides is 5. The second kappa shape index (κ2) is 16.2. The number of phenolic OH excluding ortho intramolecular Hbond substituents is 2. The molecule has 0 aliphatic carbocycles. The lowest BCUT2D eigenvalue weighted by molar-refractivity contribution is -0.161. The number of hydrogen-bond acceptors (Lipinski definition) is 17. The van der Waals surface area contributed by atoms with E-state index in [1.165, 1.54) is 24.1 Å². The number of aliphatic carboxylic acids is 2. The fourth-order valence-corrected chi connectivity index (χ4v) is 8.22. The Labute approximate surface area is 333 Å². The first-order valence-electron chi connectivity index (χ1n) is 16.6. The number of thioether (sulfide) groups is 1. The van der Waals surface area contributed by atoms with Gasteiger partial charge in [-0.3, -0.25) is 39.1 Å². The number of urea groups is 1. The molecule has 3 aliphatic heterocycles. The molecule has 4 heterocycles. The monoisotopic (exact) mass is 852 g/mol. The summed E-state index contributed by atoms with van der Waals surface area (Å²) in [7, 11) is 0. The highest BCUT2D eigenvalue weighted by Crippen LogP contribution is 2.53. The zero-order valence-corrected chi connectivity index (χ0v) is 32.1. The number of benzene rings is 1. The molecule has 3 fully saturated rings. The van der Waals surface area contributed by atoms with E-state index in [-0.39, 0.29) is 42.4 Å². The summed E-state index contributed by atoms with van der Waals surface area (Å²) >= 11 is 7.50. The Morgan fingerprint density at radius 1 is 1.09 bits per heavy atom. The van der Waals surface area contributed by atoms with Crippen LogP contribution >= 0.6 is 34.7 Å². The van der Waals surface area contributed by atoms with Crippen molar-refractivity contribution in [1.82, 2.24) is 30.5 Å². The lowest BCUT2D eigenvalue weighted by Crippen LogP contribution is -2.60. The number of halogens is 1. The molecule has 0 spiro atoms. The van der Waals surface area contributed by atoms with Gasteiger partial charge in [0.15, 0.2) is 28.1 Å². The van der Waals surface area contributed by atoms with Crippen molar-refractivity contribution in [3.8, 4) is 11.5 Å². The van der Waals surface area contributed by atoms with Crippen LogP contribution in [0.2, 0.25) is 5.02 Å². The molecule has 5 amide bonds. The number of thiazole rings is 1. The van der Waals surface area contributed by atoms with E-state index in [9.17, 15) is 63.6 Å². The number of phenols is 2. The summed E-state index contributed by atoms with van der Waals surface area (Å²) in [6.45, 7) is 1.18. The highest BCUT2D eigenvalue weighted by molar-refractivity contribution is 8.02. The summed E-state index contributed by atoms with van der Waals surface area (Å²) < 4.78 is 0. The fraction of sp³-hybridized carbons (Fsp3) is 0.406. The molecule has 2 aromatic rings. The van der Waals surface area contributed by atoms with Gasteiger partial charge in [0.25, 0.3) is 11.7 Å². The molecule has 22 nitrogen and oxygen atoms in total. The number of nitrogens with one attached hydrogen (secondary N) is 2. The second-order valence-electron chi connectivity index (χ2n) is 13.1. The van der Waals surface area contributed by atoms with Crippen LogP contribution < -0.4 is 16.5 Å². The van der Waals surface area contributed by atoms with Crippen LogP contribution in [0.3, 0.4) is 0 Å². The number of β-lactam (4-membered cyclic amide) rings is 1. The van der Waals surface area contributed by atoms with Crippen molar-refractivity contribution >= 4 is 98.6 Å². The summed E-state index contributed by atoms with van der Waals surface area (Å²) in [4.78, 5) is 123. The van der Waals surface area contributed by atoms with Gasteiger partial charge in [-0.05, 0) is 32.4 Å². The van der Waals surface area contributed by atoms with Crippen LogP contribution in [0.15, 0.2) is 22.7 Å². The first-order valence-corrected chi connectivity index (χ1v) is 18.8. The van der Waals surface area contributed by atoms with Crippen LogP contribution in [-0.4, -0.2) is 141 Å². The predicted molar refractivity (Wildman–Crippen MR) is 196 cm³/mol. The van der Waals surface area contributed by atoms with Crippen LogP contribution in [-0.2, 0) is 38.4 Å². The molecule has 1 aromatic heterocycles. The summed E-state index contributed by atoms with van der Waals surface area (Å²) in [6, 6.07) is 0.994. The number of hydrazine groups is 1. The Hall–Kier alpha value is -6.01. The van der Waals surface area contributed by atoms with E-state index in [1.807, 2.05) is 0 Å². The molecule has 25 heteroatoms. The third-order valence-electron chi connectivity index (χ3n) is 8.95. The number of carboxylic acids is 2. The summed E-state index contributed by atoms with van der Waals surface area (Å²) in [5.74, 6) is -11.3. The maximum atomic E-state index is 13.5. The number of oxime groups is 1. The van der Waals surface area contributed by atoms with Gasteiger partial charge in [0.1, 0.15) is 5.69 Å². The van der Waals surface area contributed by atoms with Crippen LogP contribution in [0.25, 0.3) is 0 Å². The Kier molecular flexibility index (Phi) is 12.0. The van der Waals surface area contributed by atoms with E-state index in [4.69, 9.17) is 22.2 Å². The smallest absolute Gasteiger partial charge is 0.350 e. The quantitative estimate of drug-likeness (QED) is 0.0205. The third-order valence-corrected chi connectivity index (χ3v) is 11.7. The van der Waals surface area contributed by atoms with E-state index in [1.54, 1.807) is 0 Å². The maximum absolute atomic E-state index is 13.5. The van der Waals surface area contributed by atoms with Gasteiger partial charge in [0, 0.05) is 31.3 Å². The maximum Gasteiger partial charge on any atom is 0.350 e. The molecule has 3 atom stereocenters. The molecule has 3 saturated heterocycles. The molecule has 5 rings (SSSR count). The van der Waals surface area contributed by atoms with Crippen molar-refractivity contribution < 1.29 is 68.4 Å². The van der Waals surface area contributed by atoms with Crippen LogP contribution in [0.4, 0.5) is 9.93 Å². The van der Waals surface area contributed by atoms with E-state index in [0.29, 0.717) is 0 Å². The van der Waals surface area contributed by atoms with Crippen molar-refractivity contribution in [2.45, 2.75) is 49.0 Å². The second-order valence-corrected chi connectivity index (χ2v) is 15.8. The molecule has 0 saturated carbocycles. The number of nitrogens with zero attached hydrogens (tertiary/aromatic N) is 5. The normalized spacial score (nSPS) is 20.5. The molecule has 304 valence electrons. The van der Waals surface area contributed by atoms with Gasteiger partial charge in [-0.2, -0.15) is 0 Å². The van der Waals surface area contributed by atoms with Gasteiger partial charge >= 0.3 is 23.9 Å². The van der Waals surface area contributed by atoms with Gasteiger partial charge in [-0.15, -0.1) is 11.3 Å². The van der Waals surface area contributed by atoms with E-state index in [2.05, 4.69) is 20.9 Å². The number of carbonyl (C=O) groups is 9. The number of fused-ring (bicyclic) bond motifs is 1. The SMILES string of the molecule is CC(C)(O/N=C(\C(=O)CC1C(=O)N2C[C@@](C(=O)O)(N3CCN(NC(=O)C(=O)CCCNC(=O)C(=O)c4ccc(O)c(O)c4Cl)C3=O)S[C@H]12)c1csc(N)n1)C(=O)O.